The second-order valence-corrected chi connectivity index (χ2v) is 6.68. The summed E-state index contributed by atoms with van der Waals surface area (Å²) in [7, 11) is 0. The molecule has 0 saturated carbocycles. The predicted octanol–water partition coefficient (Wildman–Crippen LogP) is 2.28. The number of amides is 1. The average Bonchev–Trinajstić information content (AvgIpc) is 2.73. The maximum absolute atomic E-state index is 12.0. The molecule has 0 aromatic carbocycles. The fraction of sp³-hybridized carbons (Fsp3) is 0.615. The smallest absolute Gasteiger partial charge is 0.326 e. The summed E-state index contributed by atoms with van der Waals surface area (Å²) in [5.41, 5.74) is 0.162. The zero-order valence-electron chi connectivity index (χ0n) is 11.9. The molecule has 1 amide bonds. The van der Waals surface area contributed by atoms with Gasteiger partial charge in [-0.05, 0) is 5.92 Å². The van der Waals surface area contributed by atoms with Gasteiger partial charge in [0.25, 0.3) is 5.91 Å². The number of nitrogens with zero attached hydrogens (tertiary/aromatic N) is 1. The van der Waals surface area contributed by atoms with E-state index in [-0.39, 0.29) is 17.0 Å². The number of carbonyl (C=O) groups is 2. The summed E-state index contributed by atoms with van der Waals surface area (Å²) in [6.45, 7) is 9.55. The molecule has 0 fully saturated rings. The highest BCUT2D eigenvalue weighted by atomic mass is 32.1. The fourth-order valence-electron chi connectivity index (χ4n) is 1.45. The van der Waals surface area contributed by atoms with E-state index in [4.69, 9.17) is 5.11 Å². The minimum atomic E-state index is -1.03. The molecule has 1 aromatic rings. The van der Waals surface area contributed by atoms with Crippen molar-refractivity contribution >= 4 is 23.2 Å². The van der Waals surface area contributed by atoms with Gasteiger partial charge in [0.15, 0.2) is 0 Å². The van der Waals surface area contributed by atoms with E-state index >= 15 is 0 Å². The van der Waals surface area contributed by atoms with E-state index in [1.807, 2.05) is 20.8 Å². The molecule has 0 aliphatic carbocycles. The molecule has 0 saturated heterocycles. The molecule has 1 atom stereocenters. The Morgan fingerprint density at radius 3 is 2.32 bits per heavy atom. The number of rotatable bonds is 4. The van der Waals surface area contributed by atoms with E-state index in [1.165, 1.54) is 11.3 Å². The lowest BCUT2D eigenvalue weighted by Gasteiger charge is -2.17. The van der Waals surface area contributed by atoms with Crippen molar-refractivity contribution in [3.05, 3.63) is 16.1 Å². The summed E-state index contributed by atoms with van der Waals surface area (Å²) in [6.07, 6.45) is 0. The minimum absolute atomic E-state index is 0.118. The zero-order chi connectivity index (χ0) is 14.8. The molecular weight excluding hydrogens is 264 g/mol. The van der Waals surface area contributed by atoms with Crippen LogP contribution in [0.25, 0.3) is 0 Å². The monoisotopic (exact) mass is 284 g/mol. The van der Waals surface area contributed by atoms with Gasteiger partial charge in [0, 0.05) is 10.8 Å². The van der Waals surface area contributed by atoms with Crippen molar-refractivity contribution in [3.8, 4) is 0 Å². The van der Waals surface area contributed by atoms with Gasteiger partial charge in [0.2, 0.25) is 0 Å². The van der Waals surface area contributed by atoms with Gasteiger partial charge < -0.3 is 10.4 Å². The third-order valence-electron chi connectivity index (χ3n) is 2.60. The van der Waals surface area contributed by atoms with Crippen molar-refractivity contribution in [2.45, 2.75) is 46.1 Å². The maximum atomic E-state index is 12.0. The Labute approximate surface area is 117 Å². The molecule has 0 bridgehead atoms. The molecule has 0 spiro atoms. The molecular formula is C13H20N2O3S. The Balaban J connectivity index is 2.84. The van der Waals surface area contributed by atoms with Crippen LogP contribution in [0.4, 0.5) is 0 Å². The van der Waals surface area contributed by atoms with Crippen molar-refractivity contribution in [1.29, 1.82) is 0 Å². The number of aromatic nitrogens is 1. The zero-order valence-corrected chi connectivity index (χ0v) is 12.7. The lowest BCUT2D eigenvalue weighted by atomic mass is 9.98. The van der Waals surface area contributed by atoms with E-state index in [2.05, 4.69) is 10.3 Å². The minimum Gasteiger partial charge on any atom is -0.480 e. The third-order valence-corrected chi connectivity index (χ3v) is 3.87. The van der Waals surface area contributed by atoms with Gasteiger partial charge in [-0.15, -0.1) is 11.3 Å². The van der Waals surface area contributed by atoms with Crippen LogP contribution in [0, 0.1) is 5.92 Å². The van der Waals surface area contributed by atoms with Crippen LogP contribution in [0.1, 0.15) is 50.1 Å². The fourth-order valence-corrected chi connectivity index (χ4v) is 2.34. The molecule has 2 N–H and O–H groups in total. The number of thiazole rings is 1. The van der Waals surface area contributed by atoms with Crippen molar-refractivity contribution in [2.75, 3.05) is 0 Å². The molecule has 106 valence electrons. The largest absolute Gasteiger partial charge is 0.480 e. The Morgan fingerprint density at radius 1 is 1.37 bits per heavy atom. The Morgan fingerprint density at radius 2 is 1.95 bits per heavy atom. The van der Waals surface area contributed by atoms with Gasteiger partial charge in [-0.25, -0.2) is 9.78 Å². The van der Waals surface area contributed by atoms with E-state index in [9.17, 15) is 9.59 Å². The highest BCUT2D eigenvalue weighted by Gasteiger charge is 2.26. The lowest BCUT2D eigenvalue weighted by Crippen LogP contribution is -2.44. The first-order valence-corrected chi connectivity index (χ1v) is 7.00. The number of hydrogen-bond donors (Lipinski definition) is 2. The molecule has 6 heteroatoms. The maximum Gasteiger partial charge on any atom is 0.326 e. The van der Waals surface area contributed by atoms with Gasteiger partial charge >= 0.3 is 5.97 Å². The van der Waals surface area contributed by atoms with Crippen molar-refractivity contribution in [2.24, 2.45) is 5.92 Å². The first kappa shape index (κ1) is 15.6. The van der Waals surface area contributed by atoms with Crippen LogP contribution in [-0.4, -0.2) is 28.0 Å². The van der Waals surface area contributed by atoms with Crippen LogP contribution >= 0.6 is 11.3 Å². The van der Waals surface area contributed by atoms with Crippen molar-refractivity contribution < 1.29 is 14.7 Å². The van der Waals surface area contributed by atoms with Gasteiger partial charge in [-0.1, -0.05) is 34.6 Å². The topological polar surface area (TPSA) is 79.3 Å². The summed E-state index contributed by atoms with van der Waals surface area (Å²) in [6, 6.07) is -0.896. The Hall–Kier alpha value is -1.43. The molecule has 0 aliphatic heterocycles. The predicted molar refractivity (Wildman–Crippen MR) is 74.5 cm³/mol. The van der Waals surface area contributed by atoms with E-state index in [1.54, 1.807) is 19.2 Å². The van der Waals surface area contributed by atoms with Crippen molar-refractivity contribution in [3.63, 3.8) is 0 Å². The molecule has 1 rings (SSSR count). The molecule has 0 radical (unpaired) electrons. The van der Waals surface area contributed by atoms with Crippen molar-refractivity contribution in [1.82, 2.24) is 10.3 Å². The molecule has 1 heterocycles. The third kappa shape index (κ3) is 4.02. The Kier molecular flexibility index (Phi) is 4.68. The standard InChI is InChI=1S/C13H20N2O3S/c1-7(2)9(11(17)18)15-10(16)8-6-19-12(14-8)13(3,4)5/h6-7,9H,1-5H3,(H,15,16)(H,17,18). The first-order valence-electron chi connectivity index (χ1n) is 6.12. The summed E-state index contributed by atoms with van der Waals surface area (Å²) in [5.74, 6) is -1.65. The number of aliphatic carboxylic acids is 1. The summed E-state index contributed by atoms with van der Waals surface area (Å²) in [4.78, 5) is 27.3. The number of carboxylic acids is 1. The number of carboxylic acid groups (broad SMARTS) is 1. The van der Waals surface area contributed by atoms with Crippen LogP contribution in [0.15, 0.2) is 5.38 Å². The highest BCUT2D eigenvalue weighted by Crippen LogP contribution is 2.25. The van der Waals surface area contributed by atoms with E-state index in [0.29, 0.717) is 0 Å². The van der Waals surface area contributed by atoms with Crippen LogP contribution in [0.2, 0.25) is 0 Å². The number of nitrogens with one attached hydrogen (secondary N) is 1. The Bertz CT molecular complexity index is 474. The molecule has 5 nitrogen and oxygen atoms in total. The van der Waals surface area contributed by atoms with Gasteiger partial charge in [0.05, 0.1) is 5.01 Å². The van der Waals surface area contributed by atoms with E-state index in [0.717, 1.165) is 5.01 Å². The highest BCUT2D eigenvalue weighted by molar-refractivity contribution is 7.10. The lowest BCUT2D eigenvalue weighted by molar-refractivity contribution is -0.140. The SMILES string of the molecule is CC(C)C(NC(=O)c1csc(C(C)(C)C)n1)C(=O)O. The molecule has 1 aromatic heterocycles. The summed E-state index contributed by atoms with van der Waals surface area (Å²) in [5, 5.41) is 14.1. The summed E-state index contributed by atoms with van der Waals surface area (Å²) >= 11 is 1.41. The van der Waals surface area contributed by atoms with Crippen LogP contribution in [-0.2, 0) is 10.2 Å². The molecule has 0 aliphatic rings. The van der Waals surface area contributed by atoms with Crippen LogP contribution in [0.3, 0.4) is 0 Å². The quantitative estimate of drug-likeness (QED) is 0.889. The van der Waals surface area contributed by atoms with Gasteiger partial charge in [-0.3, -0.25) is 4.79 Å². The van der Waals surface area contributed by atoms with Gasteiger partial charge in [-0.2, -0.15) is 0 Å². The number of carbonyl (C=O) groups excluding carboxylic acids is 1. The van der Waals surface area contributed by atoms with E-state index < -0.39 is 17.9 Å². The average molecular weight is 284 g/mol. The number of hydrogen-bond acceptors (Lipinski definition) is 4. The molecule has 19 heavy (non-hydrogen) atoms. The molecule has 1 unspecified atom stereocenters. The normalized spacial score (nSPS) is 13.4. The second-order valence-electron chi connectivity index (χ2n) is 5.82. The summed E-state index contributed by atoms with van der Waals surface area (Å²) < 4.78 is 0. The van der Waals surface area contributed by atoms with Crippen LogP contribution < -0.4 is 5.32 Å². The second kappa shape index (κ2) is 5.69. The first-order chi connectivity index (χ1) is 8.62. The van der Waals surface area contributed by atoms with Gasteiger partial charge in [0.1, 0.15) is 11.7 Å². The van der Waals surface area contributed by atoms with Crippen LogP contribution in [0.5, 0.6) is 0 Å².